The van der Waals surface area contributed by atoms with E-state index in [0.717, 1.165) is 12.0 Å². The Bertz CT molecular complexity index is 350. The monoisotopic (exact) mass is 237 g/mol. The van der Waals surface area contributed by atoms with Crippen LogP contribution in [0, 0.1) is 0 Å². The number of aromatic hydroxyl groups is 1. The number of nitrogens with one attached hydrogen (secondary N) is 1. The van der Waals surface area contributed by atoms with E-state index in [9.17, 15) is 5.11 Å². The van der Waals surface area contributed by atoms with Crippen LogP contribution in [0.1, 0.15) is 5.56 Å². The van der Waals surface area contributed by atoms with Crippen LogP contribution in [0.5, 0.6) is 5.75 Å². The van der Waals surface area contributed by atoms with Crippen molar-refractivity contribution < 1.29 is 14.6 Å². The zero-order chi connectivity index (χ0) is 12.1. The number of rotatable bonds is 4. The van der Waals surface area contributed by atoms with Gasteiger partial charge in [-0.25, -0.2) is 0 Å². The molecule has 1 saturated heterocycles. The van der Waals surface area contributed by atoms with E-state index in [1.807, 2.05) is 19.2 Å². The van der Waals surface area contributed by atoms with Gasteiger partial charge in [-0.3, -0.25) is 0 Å². The maximum absolute atomic E-state index is 9.43. The number of benzene rings is 1. The third kappa shape index (κ3) is 3.43. The molecule has 0 amide bonds. The number of hydrogen-bond donors (Lipinski definition) is 2. The Balaban J connectivity index is 1.98. The lowest BCUT2D eigenvalue weighted by Gasteiger charge is -2.30. The van der Waals surface area contributed by atoms with E-state index in [4.69, 9.17) is 9.47 Å². The number of ether oxygens (including phenoxy) is 2. The molecule has 4 nitrogen and oxygen atoms in total. The van der Waals surface area contributed by atoms with Crippen LogP contribution in [0.2, 0.25) is 0 Å². The molecule has 2 atom stereocenters. The summed E-state index contributed by atoms with van der Waals surface area (Å²) in [5.74, 6) is 0.304. The topological polar surface area (TPSA) is 50.7 Å². The van der Waals surface area contributed by atoms with Crippen molar-refractivity contribution in [1.82, 2.24) is 5.32 Å². The standard InChI is InChI=1S/C13H19NO3/c1-14-12(13-9-16-5-6-17-13)8-10-3-2-4-11(15)7-10/h2-4,7,12-15H,5-6,8-9H2,1H3. The minimum absolute atomic E-state index is 0.0797. The van der Waals surface area contributed by atoms with Gasteiger partial charge in [-0.2, -0.15) is 0 Å². The van der Waals surface area contributed by atoms with E-state index in [-0.39, 0.29) is 12.1 Å². The molecule has 1 heterocycles. The smallest absolute Gasteiger partial charge is 0.115 e. The molecule has 0 radical (unpaired) electrons. The fourth-order valence-corrected chi connectivity index (χ4v) is 2.10. The summed E-state index contributed by atoms with van der Waals surface area (Å²) in [5, 5.41) is 12.7. The van der Waals surface area contributed by atoms with Gasteiger partial charge in [-0.05, 0) is 31.2 Å². The zero-order valence-electron chi connectivity index (χ0n) is 10.1. The first-order valence-electron chi connectivity index (χ1n) is 5.94. The van der Waals surface area contributed by atoms with Crippen LogP contribution in [0.4, 0.5) is 0 Å². The SMILES string of the molecule is CNC(Cc1cccc(O)c1)C1COCCO1. The first kappa shape index (κ1) is 12.4. The lowest BCUT2D eigenvalue weighted by atomic mass is 10.0. The van der Waals surface area contributed by atoms with Crippen molar-refractivity contribution in [2.24, 2.45) is 0 Å². The minimum Gasteiger partial charge on any atom is -0.508 e. The van der Waals surface area contributed by atoms with Gasteiger partial charge >= 0.3 is 0 Å². The fourth-order valence-electron chi connectivity index (χ4n) is 2.10. The Labute approximate surface area is 102 Å². The first-order chi connectivity index (χ1) is 8.29. The molecule has 0 saturated carbocycles. The highest BCUT2D eigenvalue weighted by Gasteiger charge is 2.23. The van der Waals surface area contributed by atoms with Gasteiger partial charge < -0.3 is 19.9 Å². The molecule has 0 aliphatic carbocycles. The van der Waals surface area contributed by atoms with E-state index >= 15 is 0 Å². The van der Waals surface area contributed by atoms with Crippen molar-refractivity contribution in [2.45, 2.75) is 18.6 Å². The largest absolute Gasteiger partial charge is 0.508 e. The van der Waals surface area contributed by atoms with Crippen molar-refractivity contribution in [3.05, 3.63) is 29.8 Å². The van der Waals surface area contributed by atoms with Crippen molar-refractivity contribution in [3.8, 4) is 5.75 Å². The van der Waals surface area contributed by atoms with Crippen LogP contribution < -0.4 is 5.32 Å². The summed E-state index contributed by atoms with van der Waals surface area (Å²) >= 11 is 0. The third-order valence-electron chi connectivity index (χ3n) is 3.03. The highest BCUT2D eigenvalue weighted by atomic mass is 16.6. The maximum atomic E-state index is 9.43. The third-order valence-corrected chi connectivity index (χ3v) is 3.03. The predicted octanol–water partition coefficient (Wildman–Crippen LogP) is 0.938. The number of phenols is 1. The van der Waals surface area contributed by atoms with Crippen LogP contribution in [0.3, 0.4) is 0 Å². The molecule has 4 heteroatoms. The van der Waals surface area contributed by atoms with Gasteiger partial charge in [0.05, 0.1) is 25.9 Å². The van der Waals surface area contributed by atoms with E-state index in [1.165, 1.54) is 0 Å². The molecule has 1 aromatic rings. The van der Waals surface area contributed by atoms with Gasteiger partial charge in [0, 0.05) is 6.04 Å². The molecule has 1 aliphatic heterocycles. The molecule has 0 spiro atoms. The highest BCUT2D eigenvalue weighted by molar-refractivity contribution is 5.27. The Kier molecular flexibility index (Phi) is 4.36. The predicted molar refractivity (Wildman–Crippen MR) is 65.2 cm³/mol. The minimum atomic E-state index is 0.0797. The summed E-state index contributed by atoms with van der Waals surface area (Å²) in [5.41, 5.74) is 1.10. The average molecular weight is 237 g/mol. The lowest BCUT2D eigenvalue weighted by molar-refractivity contribution is -0.100. The number of hydrogen-bond acceptors (Lipinski definition) is 4. The average Bonchev–Trinajstić information content (AvgIpc) is 2.37. The van der Waals surface area contributed by atoms with E-state index in [1.54, 1.807) is 12.1 Å². The highest BCUT2D eigenvalue weighted by Crippen LogP contribution is 2.15. The summed E-state index contributed by atoms with van der Waals surface area (Å²) < 4.78 is 11.1. The molecular weight excluding hydrogens is 218 g/mol. The van der Waals surface area contributed by atoms with Gasteiger partial charge in [0.1, 0.15) is 5.75 Å². The molecule has 94 valence electrons. The molecule has 1 aromatic carbocycles. The molecule has 1 aliphatic rings. The fraction of sp³-hybridized carbons (Fsp3) is 0.538. The maximum Gasteiger partial charge on any atom is 0.115 e. The summed E-state index contributed by atoms with van der Waals surface area (Å²) in [4.78, 5) is 0. The van der Waals surface area contributed by atoms with Crippen LogP contribution in [0.15, 0.2) is 24.3 Å². The summed E-state index contributed by atoms with van der Waals surface area (Å²) in [6, 6.07) is 7.53. The van der Waals surface area contributed by atoms with Crippen molar-refractivity contribution in [3.63, 3.8) is 0 Å². The summed E-state index contributed by atoms with van der Waals surface area (Å²) in [6.45, 7) is 1.96. The molecule has 1 fully saturated rings. The zero-order valence-corrected chi connectivity index (χ0v) is 10.1. The Morgan fingerprint density at radius 2 is 2.35 bits per heavy atom. The molecule has 2 N–H and O–H groups in total. The normalized spacial score (nSPS) is 22.3. The number of likely N-dealkylation sites (N-methyl/N-ethyl adjacent to an activating group) is 1. The second-order valence-corrected chi connectivity index (χ2v) is 4.25. The quantitative estimate of drug-likeness (QED) is 0.818. The van der Waals surface area contributed by atoms with Crippen molar-refractivity contribution in [1.29, 1.82) is 0 Å². The van der Waals surface area contributed by atoms with E-state index in [2.05, 4.69) is 5.32 Å². The van der Waals surface area contributed by atoms with Gasteiger partial charge in [0.25, 0.3) is 0 Å². The van der Waals surface area contributed by atoms with Crippen molar-refractivity contribution >= 4 is 0 Å². The van der Waals surface area contributed by atoms with E-state index in [0.29, 0.717) is 25.6 Å². The molecule has 0 bridgehead atoms. The Morgan fingerprint density at radius 3 is 3.00 bits per heavy atom. The second-order valence-electron chi connectivity index (χ2n) is 4.25. The molecule has 2 unspecified atom stereocenters. The Hall–Kier alpha value is -1.10. The van der Waals surface area contributed by atoms with Crippen molar-refractivity contribution in [2.75, 3.05) is 26.9 Å². The Morgan fingerprint density at radius 1 is 1.47 bits per heavy atom. The van der Waals surface area contributed by atoms with Crippen LogP contribution >= 0.6 is 0 Å². The van der Waals surface area contributed by atoms with Gasteiger partial charge in [-0.15, -0.1) is 0 Å². The second kappa shape index (κ2) is 6.00. The lowest BCUT2D eigenvalue weighted by Crippen LogP contribution is -2.46. The molecular formula is C13H19NO3. The molecule has 17 heavy (non-hydrogen) atoms. The first-order valence-corrected chi connectivity index (χ1v) is 5.94. The summed E-state index contributed by atoms with van der Waals surface area (Å²) in [7, 11) is 1.92. The molecule has 0 aromatic heterocycles. The molecule has 2 rings (SSSR count). The van der Waals surface area contributed by atoms with Gasteiger partial charge in [0.15, 0.2) is 0 Å². The van der Waals surface area contributed by atoms with Crippen LogP contribution in [-0.2, 0) is 15.9 Å². The van der Waals surface area contributed by atoms with Crippen LogP contribution in [-0.4, -0.2) is 44.1 Å². The number of phenolic OH excluding ortho intramolecular Hbond substituents is 1. The summed E-state index contributed by atoms with van der Waals surface area (Å²) in [6.07, 6.45) is 0.898. The van der Waals surface area contributed by atoms with Gasteiger partial charge in [-0.1, -0.05) is 12.1 Å². The van der Waals surface area contributed by atoms with E-state index < -0.39 is 0 Å². The van der Waals surface area contributed by atoms with Gasteiger partial charge in [0.2, 0.25) is 0 Å². The van der Waals surface area contributed by atoms with Crippen LogP contribution in [0.25, 0.3) is 0 Å².